The number of carbonyl (C=O) groups is 1. The Kier molecular flexibility index (Phi) is 3.64. The van der Waals surface area contributed by atoms with E-state index in [-0.39, 0.29) is 5.92 Å². The number of ketones is 1. The lowest BCUT2D eigenvalue weighted by molar-refractivity contribution is -0.122. The number of hydrogen-bond acceptors (Lipinski definition) is 4. The van der Waals surface area contributed by atoms with Gasteiger partial charge in [0, 0.05) is 24.9 Å². The molecule has 2 heterocycles. The largest absolute Gasteiger partial charge is 0.299 e. The number of carbonyl (C=O) groups excluding carboxylic acids is 1. The monoisotopic (exact) mass is 262 g/mol. The first-order valence-electron chi connectivity index (χ1n) is 7.43. The molecule has 2 aliphatic rings. The molecule has 0 N–H and O–H groups in total. The van der Waals surface area contributed by atoms with Crippen LogP contribution in [0.2, 0.25) is 0 Å². The van der Waals surface area contributed by atoms with E-state index in [2.05, 4.69) is 21.9 Å². The van der Waals surface area contributed by atoms with Gasteiger partial charge in [0.2, 0.25) is 0 Å². The van der Waals surface area contributed by atoms with Crippen molar-refractivity contribution in [1.29, 1.82) is 0 Å². The molecule has 3 rings (SSSR count). The van der Waals surface area contributed by atoms with Crippen molar-refractivity contribution in [2.24, 2.45) is 5.92 Å². The van der Waals surface area contributed by atoms with Crippen molar-refractivity contribution in [3.05, 3.63) is 12.2 Å². The van der Waals surface area contributed by atoms with Crippen molar-refractivity contribution in [3.63, 3.8) is 0 Å². The number of likely N-dealkylation sites (tertiary alicyclic amines) is 1. The fourth-order valence-corrected chi connectivity index (χ4v) is 3.61. The van der Waals surface area contributed by atoms with Crippen LogP contribution in [-0.2, 0) is 17.9 Å². The van der Waals surface area contributed by atoms with Gasteiger partial charge in [0.15, 0.2) is 0 Å². The molecule has 0 amide bonds. The highest BCUT2D eigenvalue weighted by molar-refractivity contribution is 5.83. The minimum absolute atomic E-state index is 0.278. The Morgan fingerprint density at radius 1 is 1.37 bits per heavy atom. The molecular weight excluding hydrogens is 240 g/mol. The maximum Gasteiger partial charge on any atom is 0.141 e. The zero-order valence-corrected chi connectivity index (χ0v) is 11.6. The summed E-state index contributed by atoms with van der Waals surface area (Å²) in [6.45, 7) is 4.86. The second-order valence-electron chi connectivity index (χ2n) is 5.64. The normalized spacial score (nSPS) is 28.4. The molecule has 1 aromatic rings. The van der Waals surface area contributed by atoms with Crippen molar-refractivity contribution >= 4 is 5.78 Å². The molecule has 104 valence electrons. The highest BCUT2D eigenvalue weighted by Crippen LogP contribution is 2.33. The van der Waals surface area contributed by atoms with Gasteiger partial charge in [-0.3, -0.25) is 9.69 Å². The van der Waals surface area contributed by atoms with Gasteiger partial charge < -0.3 is 0 Å². The quantitative estimate of drug-likeness (QED) is 0.827. The molecule has 0 aromatic carbocycles. The van der Waals surface area contributed by atoms with Gasteiger partial charge in [0.1, 0.15) is 17.9 Å². The van der Waals surface area contributed by atoms with Crippen molar-refractivity contribution in [3.8, 4) is 0 Å². The molecule has 1 aromatic heterocycles. The lowest BCUT2D eigenvalue weighted by Gasteiger charge is -2.28. The summed E-state index contributed by atoms with van der Waals surface area (Å²) in [5.74, 6) is 1.79. The van der Waals surface area contributed by atoms with Gasteiger partial charge in [0.25, 0.3) is 0 Å². The third-order valence-corrected chi connectivity index (χ3v) is 4.57. The highest BCUT2D eigenvalue weighted by atomic mass is 16.1. The van der Waals surface area contributed by atoms with Crippen LogP contribution in [0.25, 0.3) is 0 Å². The second-order valence-corrected chi connectivity index (χ2v) is 5.64. The summed E-state index contributed by atoms with van der Waals surface area (Å²) in [5.41, 5.74) is 0. The number of rotatable bonds is 4. The zero-order chi connectivity index (χ0) is 13.2. The van der Waals surface area contributed by atoms with E-state index in [1.54, 1.807) is 6.33 Å². The third-order valence-electron chi connectivity index (χ3n) is 4.57. The van der Waals surface area contributed by atoms with E-state index in [9.17, 15) is 4.79 Å². The SMILES string of the molecule is CCn1ncnc1CN1CCCC1C1CCCC1=O. The lowest BCUT2D eigenvalue weighted by atomic mass is 9.95. The summed E-state index contributed by atoms with van der Waals surface area (Å²) in [7, 11) is 0. The maximum atomic E-state index is 12.0. The molecule has 19 heavy (non-hydrogen) atoms. The Bertz CT molecular complexity index is 456. The second kappa shape index (κ2) is 5.41. The van der Waals surface area contributed by atoms with Crippen LogP contribution in [0.15, 0.2) is 6.33 Å². The molecule has 1 saturated carbocycles. The van der Waals surface area contributed by atoms with Crippen molar-refractivity contribution in [2.45, 2.75) is 58.2 Å². The van der Waals surface area contributed by atoms with Crippen molar-refractivity contribution in [2.75, 3.05) is 6.54 Å². The Morgan fingerprint density at radius 2 is 2.26 bits per heavy atom. The predicted octanol–water partition coefficient (Wildman–Crippen LogP) is 1.63. The zero-order valence-electron chi connectivity index (χ0n) is 11.6. The molecule has 5 nitrogen and oxygen atoms in total. The maximum absolute atomic E-state index is 12.0. The lowest BCUT2D eigenvalue weighted by Crippen LogP contribution is -2.37. The van der Waals surface area contributed by atoms with Crippen molar-refractivity contribution in [1.82, 2.24) is 19.7 Å². The van der Waals surface area contributed by atoms with Gasteiger partial charge in [-0.25, -0.2) is 9.67 Å². The third kappa shape index (κ3) is 2.43. The fourth-order valence-electron chi connectivity index (χ4n) is 3.61. The molecule has 2 unspecified atom stereocenters. The molecule has 1 aliphatic carbocycles. The molecule has 2 fully saturated rings. The molecule has 1 saturated heterocycles. The summed E-state index contributed by atoms with van der Waals surface area (Å²) in [4.78, 5) is 18.8. The van der Waals surface area contributed by atoms with E-state index in [0.29, 0.717) is 11.8 Å². The standard InChI is InChI=1S/C14H22N4O/c1-2-18-14(15-10-16-18)9-17-8-4-6-12(17)11-5-3-7-13(11)19/h10-12H,2-9H2,1H3. The van der Waals surface area contributed by atoms with Crippen LogP contribution in [0.4, 0.5) is 0 Å². The Balaban J connectivity index is 1.71. The smallest absolute Gasteiger partial charge is 0.141 e. The predicted molar refractivity (Wildman–Crippen MR) is 71.5 cm³/mol. The average molecular weight is 262 g/mol. The van der Waals surface area contributed by atoms with Crippen LogP contribution < -0.4 is 0 Å². The van der Waals surface area contributed by atoms with Gasteiger partial charge in [-0.1, -0.05) is 0 Å². The molecule has 2 atom stereocenters. The van der Waals surface area contributed by atoms with E-state index in [0.717, 1.165) is 51.1 Å². The summed E-state index contributed by atoms with van der Waals surface area (Å²) in [6.07, 6.45) is 6.95. The molecule has 5 heteroatoms. The van der Waals surface area contributed by atoms with Crippen LogP contribution in [0, 0.1) is 5.92 Å². The molecule has 0 spiro atoms. The Morgan fingerprint density at radius 3 is 3.00 bits per heavy atom. The molecule has 1 aliphatic heterocycles. The summed E-state index contributed by atoms with van der Waals surface area (Å²) in [5, 5.41) is 4.23. The number of Topliss-reactive ketones (excluding diaryl/α,β-unsaturated/α-hetero) is 1. The number of aryl methyl sites for hydroxylation is 1. The van der Waals surface area contributed by atoms with Crippen LogP contribution in [0.5, 0.6) is 0 Å². The summed E-state index contributed by atoms with van der Waals surface area (Å²) >= 11 is 0. The van der Waals surface area contributed by atoms with Gasteiger partial charge in [-0.2, -0.15) is 5.10 Å². The van der Waals surface area contributed by atoms with E-state index in [4.69, 9.17) is 0 Å². The van der Waals surface area contributed by atoms with Crippen LogP contribution in [-0.4, -0.2) is 38.0 Å². The average Bonchev–Trinajstić information content (AvgIpc) is 3.10. The molecule has 0 radical (unpaired) electrons. The minimum atomic E-state index is 0.278. The minimum Gasteiger partial charge on any atom is -0.299 e. The van der Waals surface area contributed by atoms with E-state index < -0.39 is 0 Å². The van der Waals surface area contributed by atoms with Crippen LogP contribution in [0.3, 0.4) is 0 Å². The first-order valence-corrected chi connectivity index (χ1v) is 7.43. The fraction of sp³-hybridized carbons (Fsp3) is 0.786. The van der Waals surface area contributed by atoms with E-state index in [1.165, 1.54) is 6.42 Å². The number of nitrogens with zero attached hydrogens (tertiary/aromatic N) is 4. The Hall–Kier alpha value is -1.23. The van der Waals surface area contributed by atoms with E-state index >= 15 is 0 Å². The summed E-state index contributed by atoms with van der Waals surface area (Å²) in [6, 6.07) is 0.442. The topological polar surface area (TPSA) is 51.0 Å². The van der Waals surface area contributed by atoms with Crippen molar-refractivity contribution < 1.29 is 4.79 Å². The van der Waals surface area contributed by atoms with Gasteiger partial charge in [-0.05, 0) is 39.2 Å². The van der Waals surface area contributed by atoms with Gasteiger partial charge in [-0.15, -0.1) is 0 Å². The molecule has 0 bridgehead atoms. The highest BCUT2D eigenvalue weighted by Gasteiger charge is 2.38. The molecular formula is C14H22N4O. The number of hydrogen-bond donors (Lipinski definition) is 0. The van der Waals surface area contributed by atoms with Crippen LogP contribution in [0.1, 0.15) is 44.9 Å². The van der Waals surface area contributed by atoms with Crippen LogP contribution >= 0.6 is 0 Å². The van der Waals surface area contributed by atoms with Gasteiger partial charge >= 0.3 is 0 Å². The number of aromatic nitrogens is 3. The van der Waals surface area contributed by atoms with Gasteiger partial charge in [0.05, 0.1) is 6.54 Å². The Labute approximate surface area is 114 Å². The van der Waals surface area contributed by atoms with E-state index in [1.807, 2.05) is 4.68 Å². The first-order chi connectivity index (χ1) is 9.29. The summed E-state index contributed by atoms with van der Waals surface area (Å²) < 4.78 is 1.95. The first kappa shape index (κ1) is 12.8.